The molecule has 0 bridgehead atoms. The smallest absolute Gasteiger partial charge is 0.157 e. The van der Waals surface area contributed by atoms with Gasteiger partial charge in [0.25, 0.3) is 0 Å². The summed E-state index contributed by atoms with van der Waals surface area (Å²) in [7, 11) is 0. The standard InChI is InChI=1S/C8H8N2O/c1-5-8-6(2-3-11-8)7(9)4-10-5/h2-4H,9H2,1H3. The average molecular weight is 148 g/mol. The summed E-state index contributed by atoms with van der Waals surface area (Å²) < 4.78 is 5.19. The fourth-order valence-electron chi connectivity index (χ4n) is 1.11. The predicted octanol–water partition coefficient (Wildman–Crippen LogP) is 1.72. The molecule has 0 atom stereocenters. The van der Waals surface area contributed by atoms with Crippen LogP contribution in [-0.2, 0) is 0 Å². The largest absolute Gasteiger partial charge is 0.462 e. The first-order chi connectivity index (χ1) is 5.29. The van der Waals surface area contributed by atoms with Gasteiger partial charge in [0.1, 0.15) is 0 Å². The molecule has 0 spiro atoms. The van der Waals surface area contributed by atoms with Gasteiger partial charge in [-0.1, -0.05) is 0 Å². The molecule has 0 radical (unpaired) electrons. The minimum atomic E-state index is 0.666. The van der Waals surface area contributed by atoms with Crippen LogP contribution >= 0.6 is 0 Å². The normalized spacial score (nSPS) is 10.6. The van der Waals surface area contributed by atoms with E-state index in [9.17, 15) is 0 Å². The van der Waals surface area contributed by atoms with E-state index in [1.807, 2.05) is 13.0 Å². The van der Waals surface area contributed by atoms with Crippen LogP contribution in [0.5, 0.6) is 0 Å². The highest BCUT2D eigenvalue weighted by Crippen LogP contribution is 2.22. The molecule has 0 aromatic carbocycles. The maximum absolute atomic E-state index is 5.65. The maximum Gasteiger partial charge on any atom is 0.157 e. The zero-order chi connectivity index (χ0) is 7.84. The van der Waals surface area contributed by atoms with Gasteiger partial charge in [-0.3, -0.25) is 4.98 Å². The van der Waals surface area contributed by atoms with Crippen LogP contribution in [0.1, 0.15) is 5.69 Å². The van der Waals surface area contributed by atoms with Crippen LogP contribution in [0.4, 0.5) is 5.69 Å². The Bertz CT molecular complexity index is 356. The second kappa shape index (κ2) is 1.99. The Labute approximate surface area is 63.8 Å². The van der Waals surface area contributed by atoms with Gasteiger partial charge >= 0.3 is 0 Å². The molecule has 3 heteroatoms. The molecule has 11 heavy (non-hydrogen) atoms. The monoisotopic (exact) mass is 148 g/mol. The third-order valence-electron chi connectivity index (χ3n) is 1.70. The van der Waals surface area contributed by atoms with E-state index in [2.05, 4.69) is 4.98 Å². The fraction of sp³-hybridized carbons (Fsp3) is 0.125. The number of hydrogen-bond acceptors (Lipinski definition) is 3. The van der Waals surface area contributed by atoms with Crippen molar-refractivity contribution in [3.05, 3.63) is 24.2 Å². The van der Waals surface area contributed by atoms with Crippen molar-refractivity contribution in [3.63, 3.8) is 0 Å². The Balaban J connectivity index is 2.96. The second-order valence-corrected chi connectivity index (χ2v) is 2.46. The number of aromatic nitrogens is 1. The molecule has 0 unspecified atom stereocenters. The van der Waals surface area contributed by atoms with Gasteiger partial charge in [-0.2, -0.15) is 0 Å². The molecule has 0 saturated heterocycles. The van der Waals surface area contributed by atoms with Crippen LogP contribution in [0.15, 0.2) is 22.9 Å². The molecule has 2 aromatic heterocycles. The van der Waals surface area contributed by atoms with Gasteiger partial charge in [0, 0.05) is 5.39 Å². The second-order valence-electron chi connectivity index (χ2n) is 2.46. The van der Waals surface area contributed by atoms with Gasteiger partial charge in [0.2, 0.25) is 0 Å². The lowest BCUT2D eigenvalue weighted by Gasteiger charge is -1.95. The number of nitrogens with two attached hydrogens (primary N) is 1. The van der Waals surface area contributed by atoms with Crippen molar-refractivity contribution in [2.45, 2.75) is 6.92 Å². The topological polar surface area (TPSA) is 52.0 Å². The quantitative estimate of drug-likeness (QED) is 0.618. The van der Waals surface area contributed by atoms with E-state index < -0.39 is 0 Å². The third-order valence-corrected chi connectivity index (χ3v) is 1.70. The maximum atomic E-state index is 5.65. The Morgan fingerprint density at radius 2 is 2.36 bits per heavy atom. The number of fused-ring (bicyclic) bond motifs is 1. The molecular formula is C8H8N2O. The molecular weight excluding hydrogens is 140 g/mol. The molecule has 0 aliphatic rings. The van der Waals surface area contributed by atoms with E-state index in [1.165, 1.54) is 0 Å². The molecule has 0 aliphatic heterocycles. The Morgan fingerprint density at radius 1 is 1.55 bits per heavy atom. The zero-order valence-corrected chi connectivity index (χ0v) is 6.16. The summed E-state index contributed by atoms with van der Waals surface area (Å²) >= 11 is 0. The molecule has 0 amide bonds. The number of nitrogen functional groups attached to an aromatic ring is 1. The van der Waals surface area contributed by atoms with E-state index in [-0.39, 0.29) is 0 Å². The lowest BCUT2D eigenvalue weighted by atomic mass is 10.2. The van der Waals surface area contributed by atoms with Crippen molar-refractivity contribution >= 4 is 16.7 Å². The summed E-state index contributed by atoms with van der Waals surface area (Å²) in [6, 6.07) is 1.85. The lowest BCUT2D eigenvalue weighted by molar-refractivity contribution is 0.611. The zero-order valence-electron chi connectivity index (χ0n) is 6.16. The molecule has 2 rings (SSSR count). The molecule has 0 aliphatic carbocycles. The van der Waals surface area contributed by atoms with Crippen molar-refractivity contribution in [1.29, 1.82) is 0 Å². The van der Waals surface area contributed by atoms with Crippen LogP contribution in [-0.4, -0.2) is 4.98 Å². The SMILES string of the molecule is Cc1ncc(N)c2ccoc12. The number of furan rings is 1. The number of nitrogens with zero attached hydrogens (tertiary/aromatic N) is 1. The van der Waals surface area contributed by atoms with Gasteiger partial charge in [0.15, 0.2) is 5.58 Å². The van der Waals surface area contributed by atoms with E-state index in [0.29, 0.717) is 5.69 Å². The molecule has 0 fully saturated rings. The summed E-state index contributed by atoms with van der Waals surface area (Å²) in [6.45, 7) is 1.89. The van der Waals surface area contributed by atoms with E-state index >= 15 is 0 Å². The van der Waals surface area contributed by atoms with Crippen molar-refractivity contribution in [2.24, 2.45) is 0 Å². The number of anilines is 1. The highest BCUT2D eigenvalue weighted by Gasteiger charge is 2.03. The molecule has 56 valence electrons. The van der Waals surface area contributed by atoms with Crippen LogP contribution in [0.3, 0.4) is 0 Å². The van der Waals surface area contributed by atoms with Gasteiger partial charge < -0.3 is 10.2 Å². The summed E-state index contributed by atoms with van der Waals surface area (Å²) in [6.07, 6.45) is 3.27. The minimum absolute atomic E-state index is 0.666. The number of pyridine rings is 1. The fourth-order valence-corrected chi connectivity index (χ4v) is 1.11. The van der Waals surface area contributed by atoms with Crippen LogP contribution in [0.25, 0.3) is 11.0 Å². The molecule has 2 heterocycles. The van der Waals surface area contributed by atoms with E-state index in [1.54, 1.807) is 12.5 Å². The summed E-state index contributed by atoms with van der Waals surface area (Å²) in [5.74, 6) is 0. The van der Waals surface area contributed by atoms with Crippen LogP contribution in [0, 0.1) is 6.92 Å². The molecule has 2 N–H and O–H groups in total. The summed E-state index contributed by atoms with van der Waals surface area (Å²) in [5, 5.41) is 0.942. The van der Waals surface area contributed by atoms with Crippen LogP contribution < -0.4 is 5.73 Å². The Hall–Kier alpha value is -1.51. The third kappa shape index (κ3) is 0.774. The van der Waals surface area contributed by atoms with Crippen LogP contribution in [0.2, 0.25) is 0 Å². The Kier molecular flexibility index (Phi) is 1.12. The molecule has 3 nitrogen and oxygen atoms in total. The van der Waals surface area contributed by atoms with Gasteiger partial charge in [-0.15, -0.1) is 0 Å². The molecule has 2 aromatic rings. The van der Waals surface area contributed by atoms with Gasteiger partial charge in [-0.05, 0) is 13.0 Å². The van der Waals surface area contributed by atoms with E-state index in [0.717, 1.165) is 16.7 Å². The van der Waals surface area contributed by atoms with Crippen molar-refractivity contribution in [1.82, 2.24) is 4.98 Å². The number of hydrogen-bond donors (Lipinski definition) is 1. The minimum Gasteiger partial charge on any atom is -0.462 e. The van der Waals surface area contributed by atoms with Crippen molar-refractivity contribution in [3.8, 4) is 0 Å². The molecule has 0 saturated carbocycles. The predicted molar refractivity (Wildman–Crippen MR) is 43.2 cm³/mol. The first-order valence-electron chi connectivity index (χ1n) is 3.37. The average Bonchev–Trinajstić information content (AvgIpc) is 2.45. The number of aryl methyl sites for hydroxylation is 1. The lowest BCUT2D eigenvalue weighted by Crippen LogP contribution is -1.88. The first-order valence-corrected chi connectivity index (χ1v) is 3.37. The number of rotatable bonds is 0. The highest BCUT2D eigenvalue weighted by atomic mass is 16.3. The highest BCUT2D eigenvalue weighted by molar-refractivity contribution is 5.89. The van der Waals surface area contributed by atoms with Gasteiger partial charge in [-0.25, -0.2) is 0 Å². The first kappa shape index (κ1) is 6.22. The Morgan fingerprint density at radius 3 is 3.09 bits per heavy atom. The van der Waals surface area contributed by atoms with Gasteiger partial charge in [0.05, 0.1) is 23.8 Å². The van der Waals surface area contributed by atoms with Crippen molar-refractivity contribution < 1.29 is 4.42 Å². The van der Waals surface area contributed by atoms with Crippen molar-refractivity contribution in [2.75, 3.05) is 5.73 Å². The summed E-state index contributed by atoms with van der Waals surface area (Å²) in [4.78, 5) is 4.06. The van der Waals surface area contributed by atoms with E-state index in [4.69, 9.17) is 10.2 Å². The summed E-state index contributed by atoms with van der Waals surface area (Å²) in [5.41, 5.74) is 7.97.